The largest absolute Gasteiger partial charge is 0.534 e. The molecule has 0 aromatic carbocycles. The Labute approximate surface area is 193 Å². The standard InChI is InChI=1S/C22H33F3O7S/c1-20(12-14-31-29-4)15(10-13-30-28-3)5-6-16-17-7-8-19(21(17,2)11-9-18(16)20)32-33(26,27)22(23,24)25/h7-8,15-16,18H,5-6,9-14H2,1-4H3/t15-,16-,18-,20-,21-/m0/s1. The number of hydrogen-bond acceptors (Lipinski definition) is 7. The van der Waals surface area contributed by atoms with Crippen LogP contribution in [0.5, 0.6) is 0 Å². The van der Waals surface area contributed by atoms with Crippen molar-refractivity contribution in [1.82, 2.24) is 0 Å². The van der Waals surface area contributed by atoms with Gasteiger partial charge in [-0.25, -0.2) is 19.6 Å². The van der Waals surface area contributed by atoms with Crippen LogP contribution in [0.15, 0.2) is 23.5 Å². The molecule has 0 aromatic rings. The second kappa shape index (κ2) is 9.85. The smallest absolute Gasteiger partial charge is 0.380 e. The van der Waals surface area contributed by atoms with Crippen LogP contribution in [0.2, 0.25) is 0 Å². The van der Waals surface area contributed by atoms with Gasteiger partial charge in [0.05, 0.1) is 27.4 Å². The van der Waals surface area contributed by atoms with E-state index in [1.165, 1.54) is 20.3 Å². The molecule has 0 spiro atoms. The first-order chi connectivity index (χ1) is 15.4. The van der Waals surface area contributed by atoms with Crippen LogP contribution in [0.3, 0.4) is 0 Å². The summed E-state index contributed by atoms with van der Waals surface area (Å²) >= 11 is 0. The van der Waals surface area contributed by atoms with Crippen molar-refractivity contribution in [1.29, 1.82) is 0 Å². The number of fused-ring (bicyclic) bond motifs is 3. The van der Waals surface area contributed by atoms with Crippen LogP contribution in [0.1, 0.15) is 52.4 Å². The predicted molar refractivity (Wildman–Crippen MR) is 113 cm³/mol. The van der Waals surface area contributed by atoms with Crippen molar-refractivity contribution in [3.05, 3.63) is 23.5 Å². The molecule has 0 amide bonds. The normalized spacial score (nSPS) is 34.3. The summed E-state index contributed by atoms with van der Waals surface area (Å²) in [5.41, 5.74) is -5.50. The van der Waals surface area contributed by atoms with Gasteiger partial charge in [0.2, 0.25) is 0 Å². The van der Waals surface area contributed by atoms with Gasteiger partial charge in [-0.15, -0.1) is 0 Å². The highest BCUT2D eigenvalue weighted by Gasteiger charge is 2.57. The lowest BCUT2D eigenvalue weighted by Crippen LogP contribution is -2.49. The van der Waals surface area contributed by atoms with E-state index in [4.69, 9.17) is 19.6 Å². The summed E-state index contributed by atoms with van der Waals surface area (Å²) < 4.78 is 66.7. The molecule has 0 radical (unpaired) electrons. The van der Waals surface area contributed by atoms with E-state index in [1.807, 2.05) is 0 Å². The minimum Gasteiger partial charge on any atom is -0.380 e. The lowest BCUT2D eigenvalue weighted by atomic mass is 9.48. The Kier molecular flexibility index (Phi) is 7.90. The molecule has 2 fully saturated rings. The molecular formula is C22H33F3O7S. The fourth-order valence-electron chi connectivity index (χ4n) is 6.26. The van der Waals surface area contributed by atoms with Gasteiger partial charge in [0, 0.05) is 5.41 Å². The Morgan fingerprint density at radius 1 is 1.03 bits per heavy atom. The molecule has 2 saturated carbocycles. The summed E-state index contributed by atoms with van der Waals surface area (Å²) in [5, 5.41) is 0. The van der Waals surface area contributed by atoms with E-state index in [9.17, 15) is 21.6 Å². The van der Waals surface area contributed by atoms with Crippen molar-refractivity contribution < 1.29 is 45.3 Å². The van der Waals surface area contributed by atoms with Gasteiger partial charge >= 0.3 is 15.6 Å². The van der Waals surface area contributed by atoms with Gasteiger partial charge < -0.3 is 4.18 Å². The van der Waals surface area contributed by atoms with E-state index in [2.05, 4.69) is 11.1 Å². The van der Waals surface area contributed by atoms with E-state index < -0.39 is 21.0 Å². The third-order valence-corrected chi connectivity index (χ3v) is 9.00. The lowest BCUT2D eigenvalue weighted by Gasteiger charge is -2.57. The Morgan fingerprint density at radius 3 is 2.33 bits per heavy atom. The predicted octanol–water partition coefficient (Wildman–Crippen LogP) is 5.06. The van der Waals surface area contributed by atoms with Crippen molar-refractivity contribution in [2.75, 3.05) is 27.4 Å². The van der Waals surface area contributed by atoms with Gasteiger partial charge in [-0.05, 0) is 74.7 Å². The van der Waals surface area contributed by atoms with Crippen molar-refractivity contribution >= 4 is 10.1 Å². The van der Waals surface area contributed by atoms with Gasteiger partial charge in [-0.1, -0.05) is 18.6 Å². The Balaban J connectivity index is 1.82. The molecule has 5 atom stereocenters. The van der Waals surface area contributed by atoms with Gasteiger partial charge in [0.1, 0.15) is 5.76 Å². The summed E-state index contributed by atoms with van der Waals surface area (Å²) in [7, 11) is -2.78. The molecule has 7 nitrogen and oxygen atoms in total. The third-order valence-electron chi connectivity index (χ3n) is 8.03. The molecule has 0 aliphatic heterocycles. The van der Waals surface area contributed by atoms with Gasteiger partial charge in [-0.3, -0.25) is 0 Å². The van der Waals surface area contributed by atoms with E-state index in [0.29, 0.717) is 25.6 Å². The fourth-order valence-corrected chi connectivity index (χ4v) is 6.83. The number of halogens is 3. The Bertz CT molecular complexity index is 870. The summed E-state index contributed by atoms with van der Waals surface area (Å²) in [6.07, 6.45) is 7.72. The number of allylic oxidation sites excluding steroid dienone is 3. The van der Waals surface area contributed by atoms with Gasteiger partial charge in [0.15, 0.2) is 0 Å². The van der Waals surface area contributed by atoms with Crippen molar-refractivity contribution in [3.8, 4) is 0 Å². The van der Waals surface area contributed by atoms with E-state index in [-0.39, 0.29) is 23.0 Å². The molecule has 0 aromatic heterocycles. The third kappa shape index (κ3) is 4.98. The average molecular weight is 499 g/mol. The zero-order chi connectivity index (χ0) is 24.5. The van der Waals surface area contributed by atoms with Crippen LogP contribution < -0.4 is 0 Å². The maximum absolute atomic E-state index is 12.9. The topological polar surface area (TPSA) is 80.3 Å². The van der Waals surface area contributed by atoms with Crippen molar-refractivity contribution in [2.24, 2.45) is 28.6 Å². The van der Waals surface area contributed by atoms with Crippen LogP contribution in [-0.2, 0) is 33.9 Å². The molecule has 3 aliphatic carbocycles. The zero-order valence-electron chi connectivity index (χ0n) is 19.4. The van der Waals surface area contributed by atoms with E-state index >= 15 is 0 Å². The highest BCUT2D eigenvalue weighted by molar-refractivity contribution is 7.87. The first kappa shape index (κ1) is 26.5. The molecule has 0 saturated heterocycles. The van der Waals surface area contributed by atoms with Crippen molar-refractivity contribution in [2.45, 2.75) is 57.9 Å². The zero-order valence-corrected chi connectivity index (χ0v) is 20.3. The summed E-state index contributed by atoms with van der Waals surface area (Å²) in [4.78, 5) is 19.9. The Hall–Kier alpha value is -1.14. The maximum Gasteiger partial charge on any atom is 0.534 e. The number of rotatable bonds is 10. The Morgan fingerprint density at radius 2 is 1.70 bits per heavy atom. The minimum atomic E-state index is -5.72. The summed E-state index contributed by atoms with van der Waals surface area (Å²) in [6.45, 7) is 4.90. The summed E-state index contributed by atoms with van der Waals surface area (Å²) in [5.74, 6) is 0.565. The molecule has 11 heteroatoms. The second-order valence-corrected chi connectivity index (χ2v) is 11.1. The van der Waals surface area contributed by atoms with Crippen LogP contribution in [-0.4, -0.2) is 41.4 Å². The highest BCUT2D eigenvalue weighted by atomic mass is 32.2. The van der Waals surface area contributed by atoms with Crippen molar-refractivity contribution in [3.63, 3.8) is 0 Å². The minimum absolute atomic E-state index is 0.113. The molecule has 3 rings (SSSR count). The van der Waals surface area contributed by atoms with Crippen LogP contribution in [0.25, 0.3) is 0 Å². The molecule has 0 heterocycles. The monoisotopic (exact) mass is 498 g/mol. The van der Waals surface area contributed by atoms with Crippen LogP contribution in [0, 0.1) is 28.6 Å². The summed E-state index contributed by atoms with van der Waals surface area (Å²) in [6, 6.07) is 0. The molecule has 0 bridgehead atoms. The SMILES string of the molecule is COOCC[C@@H]1CC[C@H]2C3=CC=C(OS(=O)(=O)C(F)(F)F)[C@@]3(C)CC[C@@H]2[C@@]1(C)CCOOC. The molecular weight excluding hydrogens is 465 g/mol. The quantitative estimate of drug-likeness (QED) is 0.137. The van der Waals surface area contributed by atoms with Gasteiger partial charge in [-0.2, -0.15) is 21.6 Å². The fraction of sp³-hybridized carbons (Fsp3) is 0.818. The lowest BCUT2D eigenvalue weighted by molar-refractivity contribution is -0.283. The van der Waals surface area contributed by atoms with Crippen LogP contribution in [0.4, 0.5) is 13.2 Å². The highest BCUT2D eigenvalue weighted by Crippen LogP contribution is 2.64. The van der Waals surface area contributed by atoms with E-state index in [1.54, 1.807) is 13.0 Å². The first-order valence-electron chi connectivity index (χ1n) is 11.2. The average Bonchev–Trinajstić information content (AvgIpc) is 3.05. The first-order valence-corrected chi connectivity index (χ1v) is 12.6. The second-order valence-electron chi connectivity index (χ2n) is 9.52. The van der Waals surface area contributed by atoms with Gasteiger partial charge in [0.25, 0.3) is 0 Å². The molecule has 3 aliphatic rings. The molecule has 33 heavy (non-hydrogen) atoms. The number of alkyl halides is 3. The number of hydrogen-bond donors (Lipinski definition) is 0. The van der Waals surface area contributed by atoms with E-state index in [0.717, 1.165) is 37.7 Å². The molecule has 190 valence electrons. The molecule has 0 N–H and O–H groups in total. The molecule has 0 unspecified atom stereocenters. The van der Waals surface area contributed by atoms with Crippen LogP contribution >= 0.6 is 0 Å². The maximum atomic E-state index is 12.9.